The molecule has 1 rings (SSSR count). The summed E-state index contributed by atoms with van der Waals surface area (Å²) in [5, 5.41) is 10.1. The zero-order chi connectivity index (χ0) is 12.3. The first-order chi connectivity index (χ1) is 7.40. The average Bonchev–Trinajstić information content (AvgIpc) is 2.19. The highest BCUT2D eigenvalue weighted by Crippen LogP contribution is 2.34. The number of aromatic hydroxyl groups is 1. The van der Waals surface area contributed by atoms with E-state index in [1.807, 2.05) is 6.07 Å². The summed E-state index contributed by atoms with van der Waals surface area (Å²) in [5.74, 6) is 5.37. The summed E-state index contributed by atoms with van der Waals surface area (Å²) in [6.45, 7) is 8.56. The van der Waals surface area contributed by atoms with Gasteiger partial charge in [-0.3, -0.25) is 4.84 Å². The van der Waals surface area contributed by atoms with Crippen LogP contribution < -0.4 is 5.90 Å². The van der Waals surface area contributed by atoms with E-state index in [0.717, 1.165) is 17.5 Å². The maximum Gasteiger partial charge on any atom is 0.124 e. The van der Waals surface area contributed by atoms with Crippen molar-refractivity contribution in [3.8, 4) is 5.75 Å². The van der Waals surface area contributed by atoms with E-state index in [1.165, 1.54) is 5.56 Å². The van der Waals surface area contributed by atoms with Crippen LogP contribution in [0.4, 0.5) is 0 Å². The number of hydrogen-bond acceptors (Lipinski definition) is 3. The van der Waals surface area contributed by atoms with Gasteiger partial charge in [0.2, 0.25) is 0 Å². The van der Waals surface area contributed by atoms with E-state index in [-0.39, 0.29) is 12.0 Å². The Morgan fingerprint density at radius 2 is 1.94 bits per heavy atom. The molecule has 0 spiro atoms. The van der Waals surface area contributed by atoms with E-state index in [0.29, 0.717) is 5.75 Å². The fraction of sp³-hybridized carbons (Fsp3) is 0.538. The molecule has 0 amide bonds. The molecule has 1 aromatic carbocycles. The van der Waals surface area contributed by atoms with Gasteiger partial charge in [0.1, 0.15) is 5.75 Å². The fourth-order valence-corrected chi connectivity index (χ4v) is 1.74. The molecule has 0 bridgehead atoms. The molecule has 3 nitrogen and oxygen atoms in total. The highest BCUT2D eigenvalue weighted by atomic mass is 16.6. The Hall–Kier alpha value is -1.06. The predicted molar refractivity (Wildman–Crippen MR) is 65.2 cm³/mol. The van der Waals surface area contributed by atoms with Crippen molar-refractivity contribution in [1.29, 1.82) is 0 Å². The number of phenols is 1. The van der Waals surface area contributed by atoms with Crippen molar-refractivity contribution in [2.45, 2.75) is 46.1 Å². The zero-order valence-corrected chi connectivity index (χ0v) is 10.5. The molecule has 0 unspecified atom stereocenters. The van der Waals surface area contributed by atoms with Crippen LogP contribution in [-0.4, -0.2) is 5.11 Å². The van der Waals surface area contributed by atoms with Gasteiger partial charge in [-0.15, -0.1) is 0 Å². The van der Waals surface area contributed by atoms with Crippen LogP contribution in [0.25, 0.3) is 0 Å². The standard InChI is InChI=1S/C13H21NO2/c1-5-9-6-10(8-16-14)12(15)11(7-9)13(2,3)4/h6-7,15H,5,8,14H2,1-4H3. The number of phenolic OH excluding ortho intramolecular Hbond substituents is 1. The molecule has 0 saturated heterocycles. The molecule has 0 aromatic heterocycles. The highest BCUT2D eigenvalue weighted by molar-refractivity contribution is 5.46. The molecule has 0 radical (unpaired) electrons. The van der Waals surface area contributed by atoms with E-state index in [4.69, 9.17) is 5.90 Å². The number of rotatable bonds is 3. The van der Waals surface area contributed by atoms with Gasteiger partial charge < -0.3 is 5.11 Å². The van der Waals surface area contributed by atoms with Gasteiger partial charge >= 0.3 is 0 Å². The molecule has 0 fully saturated rings. The van der Waals surface area contributed by atoms with E-state index >= 15 is 0 Å². The van der Waals surface area contributed by atoms with Crippen molar-refractivity contribution in [1.82, 2.24) is 0 Å². The lowest BCUT2D eigenvalue weighted by Crippen LogP contribution is -2.13. The molecular formula is C13H21NO2. The predicted octanol–water partition coefficient (Wildman–Crippen LogP) is 2.64. The second-order valence-electron chi connectivity index (χ2n) is 5.07. The summed E-state index contributed by atoms with van der Waals surface area (Å²) in [6, 6.07) is 3.99. The largest absolute Gasteiger partial charge is 0.507 e. The Bertz CT molecular complexity index is 367. The first kappa shape index (κ1) is 13.0. The van der Waals surface area contributed by atoms with Crippen molar-refractivity contribution in [2.24, 2.45) is 5.90 Å². The molecular weight excluding hydrogens is 202 g/mol. The summed E-state index contributed by atoms with van der Waals surface area (Å²) in [5.41, 5.74) is 2.80. The lowest BCUT2D eigenvalue weighted by Gasteiger charge is -2.23. The molecule has 3 N–H and O–H groups in total. The van der Waals surface area contributed by atoms with Crippen LogP contribution in [0.1, 0.15) is 44.4 Å². The van der Waals surface area contributed by atoms with E-state index in [2.05, 4.69) is 38.6 Å². The third-order valence-corrected chi connectivity index (χ3v) is 2.70. The van der Waals surface area contributed by atoms with Crippen LogP contribution in [0.2, 0.25) is 0 Å². The third kappa shape index (κ3) is 2.74. The fourth-order valence-electron chi connectivity index (χ4n) is 1.74. The van der Waals surface area contributed by atoms with Crippen LogP contribution in [0.5, 0.6) is 5.75 Å². The van der Waals surface area contributed by atoms with E-state index < -0.39 is 0 Å². The number of nitrogens with two attached hydrogens (primary N) is 1. The number of benzene rings is 1. The summed E-state index contributed by atoms with van der Waals surface area (Å²) < 4.78 is 0. The van der Waals surface area contributed by atoms with Crippen LogP contribution in [0.3, 0.4) is 0 Å². The van der Waals surface area contributed by atoms with Gasteiger partial charge in [0.05, 0.1) is 6.61 Å². The van der Waals surface area contributed by atoms with Crippen molar-refractivity contribution < 1.29 is 9.94 Å². The van der Waals surface area contributed by atoms with Gasteiger partial charge in [0, 0.05) is 5.56 Å². The SMILES string of the molecule is CCc1cc(CON)c(O)c(C(C)(C)C)c1. The number of aryl methyl sites for hydroxylation is 1. The Balaban J connectivity index is 3.31. The van der Waals surface area contributed by atoms with Crippen LogP contribution in [0.15, 0.2) is 12.1 Å². The van der Waals surface area contributed by atoms with Gasteiger partial charge in [-0.05, 0) is 29.0 Å². The summed E-state index contributed by atoms with van der Waals surface area (Å²) in [4.78, 5) is 4.62. The molecule has 0 heterocycles. The summed E-state index contributed by atoms with van der Waals surface area (Å²) in [6.07, 6.45) is 0.931. The van der Waals surface area contributed by atoms with Crippen molar-refractivity contribution in [3.05, 3.63) is 28.8 Å². The molecule has 0 saturated carbocycles. The minimum Gasteiger partial charge on any atom is -0.507 e. The lowest BCUT2D eigenvalue weighted by molar-refractivity contribution is 0.122. The first-order valence-electron chi connectivity index (χ1n) is 5.57. The molecule has 16 heavy (non-hydrogen) atoms. The second kappa shape index (κ2) is 4.85. The maximum atomic E-state index is 10.1. The molecule has 90 valence electrons. The van der Waals surface area contributed by atoms with Gasteiger partial charge in [-0.2, -0.15) is 0 Å². The molecule has 3 heteroatoms. The van der Waals surface area contributed by atoms with Crippen molar-refractivity contribution in [2.75, 3.05) is 0 Å². The quantitative estimate of drug-likeness (QED) is 0.774. The average molecular weight is 223 g/mol. The molecule has 0 aliphatic rings. The van der Waals surface area contributed by atoms with Gasteiger partial charge in [0.25, 0.3) is 0 Å². The third-order valence-electron chi connectivity index (χ3n) is 2.70. The molecule has 0 atom stereocenters. The van der Waals surface area contributed by atoms with Gasteiger partial charge in [-0.1, -0.05) is 33.8 Å². The second-order valence-corrected chi connectivity index (χ2v) is 5.07. The molecule has 0 aliphatic carbocycles. The summed E-state index contributed by atoms with van der Waals surface area (Å²) >= 11 is 0. The minimum absolute atomic E-state index is 0.0847. The lowest BCUT2D eigenvalue weighted by atomic mass is 9.84. The van der Waals surface area contributed by atoms with Crippen LogP contribution in [0, 0.1) is 0 Å². The maximum absolute atomic E-state index is 10.1. The Labute approximate surface area is 97.2 Å². The zero-order valence-electron chi connectivity index (χ0n) is 10.5. The van der Waals surface area contributed by atoms with E-state index in [1.54, 1.807) is 0 Å². The van der Waals surface area contributed by atoms with Gasteiger partial charge in [0.15, 0.2) is 0 Å². The first-order valence-corrected chi connectivity index (χ1v) is 5.57. The van der Waals surface area contributed by atoms with E-state index in [9.17, 15) is 5.11 Å². The van der Waals surface area contributed by atoms with Crippen LogP contribution in [-0.2, 0) is 23.3 Å². The monoisotopic (exact) mass is 223 g/mol. The number of hydrogen-bond donors (Lipinski definition) is 2. The Kier molecular flexibility index (Phi) is 3.94. The molecule has 1 aromatic rings. The van der Waals surface area contributed by atoms with Crippen LogP contribution >= 0.6 is 0 Å². The van der Waals surface area contributed by atoms with Crippen molar-refractivity contribution in [3.63, 3.8) is 0 Å². The minimum atomic E-state index is -0.0847. The smallest absolute Gasteiger partial charge is 0.124 e. The topological polar surface area (TPSA) is 55.5 Å². The molecule has 0 aliphatic heterocycles. The normalized spacial score (nSPS) is 11.8. The summed E-state index contributed by atoms with van der Waals surface area (Å²) in [7, 11) is 0. The Morgan fingerprint density at radius 1 is 1.31 bits per heavy atom. The van der Waals surface area contributed by atoms with Gasteiger partial charge in [-0.25, -0.2) is 5.90 Å². The van der Waals surface area contributed by atoms with Crippen molar-refractivity contribution >= 4 is 0 Å². The Morgan fingerprint density at radius 3 is 2.38 bits per heavy atom. The highest BCUT2D eigenvalue weighted by Gasteiger charge is 2.20.